The van der Waals surface area contributed by atoms with Gasteiger partial charge in [0.25, 0.3) is 5.88 Å². The molecule has 0 saturated heterocycles. The number of nitrogens with one attached hydrogen (secondary N) is 1. The smallest absolute Gasteiger partial charge is 0.387 e. The lowest BCUT2D eigenvalue weighted by Crippen LogP contribution is -2.12. The lowest BCUT2D eigenvalue weighted by atomic mass is 10.3. The zero-order chi connectivity index (χ0) is 19.1. The van der Waals surface area contributed by atoms with E-state index >= 15 is 0 Å². The zero-order valence-corrected chi connectivity index (χ0v) is 15.0. The van der Waals surface area contributed by atoms with Crippen LogP contribution in [0.2, 0.25) is 10.0 Å². The lowest BCUT2D eigenvalue weighted by molar-refractivity contribution is -0.0497. The molecule has 0 bridgehead atoms. The Bertz CT molecular complexity index is 791. The van der Waals surface area contributed by atoms with E-state index in [4.69, 9.17) is 38.4 Å². The molecule has 2 aromatic rings. The van der Waals surface area contributed by atoms with Gasteiger partial charge in [-0.1, -0.05) is 23.2 Å². The summed E-state index contributed by atoms with van der Waals surface area (Å²) in [6, 6.07) is 5.88. The average Bonchev–Trinajstić information content (AvgIpc) is 2.60. The van der Waals surface area contributed by atoms with Gasteiger partial charge >= 0.3 is 6.61 Å². The summed E-state index contributed by atoms with van der Waals surface area (Å²) >= 11 is 11.6. The van der Waals surface area contributed by atoms with Crippen molar-refractivity contribution in [3.8, 4) is 17.4 Å². The summed E-state index contributed by atoms with van der Waals surface area (Å²) in [7, 11) is 1.46. The molecule has 0 spiro atoms. The molecule has 26 heavy (non-hydrogen) atoms. The Morgan fingerprint density at radius 2 is 2.08 bits per heavy atom. The first-order valence-electron chi connectivity index (χ1n) is 7.16. The van der Waals surface area contributed by atoms with Crippen LogP contribution in [-0.4, -0.2) is 25.3 Å². The molecule has 2 rings (SSSR count). The van der Waals surface area contributed by atoms with Gasteiger partial charge in [-0.2, -0.15) is 8.78 Å². The second-order valence-electron chi connectivity index (χ2n) is 4.84. The average molecular weight is 406 g/mol. The van der Waals surface area contributed by atoms with E-state index in [2.05, 4.69) is 15.0 Å². The monoisotopic (exact) mass is 405 g/mol. The number of hydrogen-bond acceptors (Lipinski definition) is 6. The number of nitrogens with two attached hydrogens (primary N) is 1. The summed E-state index contributed by atoms with van der Waals surface area (Å²) < 4.78 is 39.5. The summed E-state index contributed by atoms with van der Waals surface area (Å²) in [6.07, 6.45) is 2.85. The maximum atomic E-state index is 12.3. The van der Waals surface area contributed by atoms with Crippen molar-refractivity contribution in [2.45, 2.75) is 6.61 Å². The van der Waals surface area contributed by atoms with E-state index in [1.54, 1.807) is 12.1 Å². The number of methoxy groups -OCH3 is 1. The number of nitrogens with zero attached hydrogens (tertiary/aromatic N) is 1. The molecule has 1 aromatic heterocycles. The molecule has 0 radical (unpaired) electrons. The third kappa shape index (κ3) is 5.82. The summed E-state index contributed by atoms with van der Waals surface area (Å²) in [5, 5.41) is 3.31. The topological polar surface area (TPSA) is 78.6 Å². The minimum Gasteiger partial charge on any atom is -0.491 e. The largest absolute Gasteiger partial charge is 0.491 e. The standard InChI is InChI=1S/C16H15Cl2F2N3O3/c1-24-14-4-9(17)6-23-15(14)25-8-10(21)7-22-11-2-3-12(18)13(5-11)26-16(19)20/h2-7,16,22H,8,21H2,1H3/b10-7-. The number of aromatic nitrogens is 1. The SMILES string of the molecule is COc1cc(Cl)cnc1OC/C(N)=C/Nc1ccc(Cl)c(OC(F)F)c1. The van der Waals surface area contributed by atoms with E-state index < -0.39 is 6.61 Å². The van der Waals surface area contributed by atoms with Crippen molar-refractivity contribution >= 4 is 28.9 Å². The number of ether oxygens (including phenoxy) is 3. The second kappa shape index (κ2) is 9.30. The molecular formula is C16H15Cl2F2N3O3. The van der Waals surface area contributed by atoms with Crippen molar-refractivity contribution in [1.29, 1.82) is 0 Å². The molecule has 1 heterocycles. The highest BCUT2D eigenvalue weighted by molar-refractivity contribution is 6.32. The van der Waals surface area contributed by atoms with Gasteiger partial charge in [0.1, 0.15) is 12.4 Å². The van der Waals surface area contributed by atoms with E-state index in [1.807, 2.05) is 0 Å². The van der Waals surface area contributed by atoms with E-state index in [-0.39, 0.29) is 23.3 Å². The van der Waals surface area contributed by atoms with Gasteiger partial charge in [-0.3, -0.25) is 0 Å². The molecule has 0 saturated carbocycles. The molecule has 0 atom stereocenters. The van der Waals surface area contributed by atoms with Crippen molar-refractivity contribution in [2.24, 2.45) is 5.73 Å². The van der Waals surface area contributed by atoms with Gasteiger partial charge in [0, 0.05) is 30.2 Å². The van der Waals surface area contributed by atoms with Crippen LogP contribution >= 0.6 is 23.2 Å². The Hall–Kier alpha value is -2.45. The molecule has 10 heteroatoms. The number of alkyl halides is 2. The first kappa shape index (κ1) is 19.9. The highest BCUT2D eigenvalue weighted by atomic mass is 35.5. The van der Waals surface area contributed by atoms with Gasteiger partial charge in [0.15, 0.2) is 5.75 Å². The maximum absolute atomic E-state index is 12.3. The number of pyridine rings is 1. The molecule has 6 nitrogen and oxygen atoms in total. The molecule has 0 aliphatic heterocycles. The number of hydrogen-bond donors (Lipinski definition) is 2. The highest BCUT2D eigenvalue weighted by Crippen LogP contribution is 2.29. The fraction of sp³-hybridized carbons (Fsp3) is 0.188. The predicted octanol–water partition coefficient (Wildman–Crippen LogP) is 4.29. The Balaban J connectivity index is 1.98. The molecular weight excluding hydrogens is 391 g/mol. The number of anilines is 1. The van der Waals surface area contributed by atoms with Gasteiger partial charge in [-0.05, 0) is 12.1 Å². The lowest BCUT2D eigenvalue weighted by Gasteiger charge is -2.11. The first-order chi connectivity index (χ1) is 12.4. The first-order valence-corrected chi connectivity index (χ1v) is 7.92. The van der Waals surface area contributed by atoms with Crippen LogP contribution in [0.25, 0.3) is 0 Å². The highest BCUT2D eigenvalue weighted by Gasteiger charge is 2.10. The van der Waals surface area contributed by atoms with Gasteiger partial charge < -0.3 is 25.3 Å². The van der Waals surface area contributed by atoms with Gasteiger partial charge in [-0.25, -0.2) is 4.98 Å². The van der Waals surface area contributed by atoms with Crippen molar-refractivity contribution in [3.63, 3.8) is 0 Å². The number of halogens is 4. The van der Waals surface area contributed by atoms with Crippen LogP contribution in [0.1, 0.15) is 0 Å². The zero-order valence-electron chi connectivity index (χ0n) is 13.5. The molecule has 0 aliphatic carbocycles. The van der Waals surface area contributed by atoms with Crippen LogP contribution in [0.15, 0.2) is 42.4 Å². The summed E-state index contributed by atoms with van der Waals surface area (Å²) in [6.45, 7) is -2.97. The summed E-state index contributed by atoms with van der Waals surface area (Å²) in [4.78, 5) is 4.00. The van der Waals surface area contributed by atoms with Crippen molar-refractivity contribution in [3.05, 3.63) is 52.4 Å². The third-order valence-corrected chi connectivity index (χ3v) is 3.47. The van der Waals surface area contributed by atoms with Gasteiger partial charge in [-0.15, -0.1) is 0 Å². The molecule has 0 fully saturated rings. The summed E-state index contributed by atoms with van der Waals surface area (Å²) in [5.41, 5.74) is 6.61. The Morgan fingerprint density at radius 3 is 2.77 bits per heavy atom. The van der Waals surface area contributed by atoms with Crippen LogP contribution < -0.4 is 25.3 Å². The van der Waals surface area contributed by atoms with E-state index in [0.717, 1.165) is 0 Å². The Kier molecular flexibility index (Phi) is 7.11. The Morgan fingerprint density at radius 1 is 1.31 bits per heavy atom. The normalized spacial score (nSPS) is 11.4. The van der Waals surface area contributed by atoms with Gasteiger partial charge in [0.2, 0.25) is 0 Å². The third-order valence-electron chi connectivity index (χ3n) is 2.95. The second-order valence-corrected chi connectivity index (χ2v) is 5.68. The Labute approximate surface area is 158 Å². The van der Waals surface area contributed by atoms with Crippen LogP contribution in [0, 0.1) is 0 Å². The predicted molar refractivity (Wildman–Crippen MR) is 95.3 cm³/mol. The fourth-order valence-corrected chi connectivity index (χ4v) is 2.12. The maximum Gasteiger partial charge on any atom is 0.387 e. The molecule has 140 valence electrons. The van der Waals surface area contributed by atoms with E-state index in [9.17, 15) is 8.78 Å². The van der Waals surface area contributed by atoms with Crippen molar-refractivity contribution < 1.29 is 23.0 Å². The summed E-state index contributed by atoms with van der Waals surface area (Å²) in [5.74, 6) is 0.446. The molecule has 0 amide bonds. The molecule has 0 aliphatic rings. The van der Waals surface area contributed by atoms with Crippen LogP contribution in [0.5, 0.6) is 17.4 Å². The number of benzene rings is 1. The minimum absolute atomic E-state index is 0.00593. The molecule has 1 aromatic carbocycles. The van der Waals surface area contributed by atoms with E-state index in [1.165, 1.54) is 31.6 Å². The van der Waals surface area contributed by atoms with Crippen molar-refractivity contribution in [1.82, 2.24) is 4.98 Å². The van der Waals surface area contributed by atoms with E-state index in [0.29, 0.717) is 22.2 Å². The quantitative estimate of drug-likeness (QED) is 0.681. The van der Waals surface area contributed by atoms with Crippen LogP contribution in [0.4, 0.5) is 14.5 Å². The van der Waals surface area contributed by atoms with Crippen LogP contribution in [0.3, 0.4) is 0 Å². The fourth-order valence-electron chi connectivity index (χ4n) is 1.81. The number of rotatable bonds is 8. The minimum atomic E-state index is -2.97. The van der Waals surface area contributed by atoms with Crippen LogP contribution in [-0.2, 0) is 0 Å². The molecule has 0 unspecified atom stereocenters. The van der Waals surface area contributed by atoms with Gasteiger partial charge in [0.05, 0.1) is 22.9 Å². The molecule has 3 N–H and O–H groups in total. The van der Waals surface area contributed by atoms with Crippen molar-refractivity contribution in [2.75, 3.05) is 19.0 Å².